The minimum absolute atomic E-state index is 0.472. The molecule has 0 amide bonds. The molecule has 0 radical (unpaired) electrons. The van der Waals surface area contributed by atoms with Gasteiger partial charge in [0.25, 0.3) is 0 Å². The highest BCUT2D eigenvalue weighted by molar-refractivity contribution is 5.39. The highest BCUT2D eigenvalue weighted by atomic mass is 15.4. The normalized spacial score (nSPS) is 21.1. The Morgan fingerprint density at radius 3 is 2.31 bits per heavy atom. The summed E-state index contributed by atoms with van der Waals surface area (Å²) in [6.07, 6.45) is 9.79. The molecule has 1 saturated heterocycles. The van der Waals surface area contributed by atoms with Gasteiger partial charge in [-0.15, -0.1) is 0 Å². The van der Waals surface area contributed by atoms with E-state index in [9.17, 15) is 0 Å². The number of nitrogens with zero attached hydrogens (tertiary/aromatic N) is 5. The third-order valence-electron chi connectivity index (χ3n) is 6.16. The van der Waals surface area contributed by atoms with Gasteiger partial charge < -0.3 is 9.80 Å². The van der Waals surface area contributed by atoms with Crippen molar-refractivity contribution in [3.8, 4) is 11.8 Å². The van der Waals surface area contributed by atoms with Gasteiger partial charge >= 0.3 is 0 Å². The van der Waals surface area contributed by atoms with Gasteiger partial charge in [-0.3, -0.25) is 4.90 Å². The summed E-state index contributed by atoms with van der Waals surface area (Å²) in [6.45, 7) is 13.1. The van der Waals surface area contributed by atoms with E-state index in [1.807, 2.05) is 12.4 Å². The Hall–Kier alpha value is -1.64. The van der Waals surface area contributed by atoms with E-state index in [0.717, 1.165) is 56.5 Å². The molecule has 1 aliphatic rings. The van der Waals surface area contributed by atoms with Crippen molar-refractivity contribution in [2.45, 2.75) is 71.9 Å². The van der Waals surface area contributed by atoms with E-state index in [0.29, 0.717) is 12.1 Å². The summed E-state index contributed by atoms with van der Waals surface area (Å²) in [5.41, 5.74) is 0.900. The third kappa shape index (κ3) is 7.28. The van der Waals surface area contributed by atoms with Gasteiger partial charge in [-0.25, -0.2) is 9.97 Å². The number of likely N-dealkylation sites (N-methyl/N-ethyl adjacent to an activating group) is 1. The Labute approximate surface area is 178 Å². The topological polar surface area (TPSA) is 35.5 Å². The van der Waals surface area contributed by atoms with E-state index in [-0.39, 0.29) is 0 Å². The average Bonchev–Trinajstić information content (AvgIpc) is 2.73. The molecule has 0 bridgehead atoms. The van der Waals surface area contributed by atoms with Gasteiger partial charge in [0.05, 0.1) is 12.1 Å². The van der Waals surface area contributed by atoms with Crippen molar-refractivity contribution in [2.24, 2.45) is 5.92 Å². The van der Waals surface area contributed by atoms with Gasteiger partial charge in [-0.1, -0.05) is 46.0 Å². The Bertz CT molecular complexity index is 633. The largest absolute Gasteiger partial charge is 0.332 e. The molecule has 5 heteroatoms. The maximum Gasteiger partial charge on any atom is 0.225 e. The first-order chi connectivity index (χ1) is 14.0. The summed E-state index contributed by atoms with van der Waals surface area (Å²) in [4.78, 5) is 16.5. The van der Waals surface area contributed by atoms with Crippen LogP contribution in [0, 0.1) is 17.8 Å². The second-order valence-electron chi connectivity index (χ2n) is 8.72. The zero-order valence-electron chi connectivity index (χ0n) is 19.5. The maximum atomic E-state index is 4.68. The van der Waals surface area contributed by atoms with E-state index in [1.165, 1.54) is 19.3 Å². The third-order valence-corrected chi connectivity index (χ3v) is 6.16. The quantitative estimate of drug-likeness (QED) is 0.589. The second-order valence-corrected chi connectivity index (χ2v) is 8.72. The van der Waals surface area contributed by atoms with Gasteiger partial charge in [0.1, 0.15) is 0 Å². The number of hydrogen-bond donors (Lipinski definition) is 0. The average molecular weight is 400 g/mol. The summed E-state index contributed by atoms with van der Waals surface area (Å²) in [5, 5.41) is 0. The lowest BCUT2D eigenvalue weighted by molar-refractivity contribution is 0.217. The summed E-state index contributed by atoms with van der Waals surface area (Å²) in [5.74, 6) is 8.18. The van der Waals surface area contributed by atoms with Crippen LogP contribution in [0.15, 0.2) is 12.4 Å². The van der Waals surface area contributed by atoms with Crippen molar-refractivity contribution in [3.63, 3.8) is 0 Å². The predicted molar refractivity (Wildman–Crippen MR) is 123 cm³/mol. The molecule has 2 rings (SSSR count). The van der Waals surface area contributed by atoms with Crippen LogP contribution in [-0.2, 0) is 0 Å². The number of anilines is 1. The summed E-state index contributed by atoms with van der Waals surface area (Å²) in [6, 6.07) is 0.944. The van der Waals surface area contributed by atoms with Gasteiger partial charge in [-0.05, 0) is 52.2 Å². The SMILES string of the molecule is CCC(C)CCCN(C)CC#Cc1cnc(N2C(CC)CN(C)CC2CC)nc1. The lowest BCUT2D eigenvalue weighted by Gasteiger charge is -2.45. The number of piperazine rings is 1. The highest BCUT2D eigenvalue weighted by Gasteiger charge is 2.32. The Morgan fingerprint density at radius 1 is 1.14 bits per heavy atom. The molecule has 162 valence electrons. The predicted octanol–water partition coefficient (Wildman–Crippen LogP) is 3.90. The van der Waals surface area contributed by atoms with Crippen molar-refractivity contribution in [1.82, 2.24) is 19.8 Å². The van der Waals surface area contributed by atoms with Gasteiger partial charge in [0.15, 0.2) is 0 Å². The first-order valence-corrected chi connectivity index (χ1v) is 11.4. The first-order valence-electron chi connectivity index (χ1n) is 11.4. The zero-order valence-corrected chi connectivity index (χ0v) is 19.5. The maximum absolute atomic E-state index is 4.68. The fourth-order valence-corrected chi connectivity index (χ4v) is 4.03. The van der Waals surface area contributed by atoms with E-state index >= 15 is 0 Å². The number of hydrogen-bond acceptors (Lipinski definition) is 5. The minimum atomic E-state index is 0.472. The van der Waals surface area contributed by atoms with Crippen LogP contribution in [0.3, 0.4) is 0 Å². The molecule has 1 aliphatic heterocycles. The molecule has 29 heavy (non-hydrogen) atoms. The van der Waals surface area contributed by atoms with Crippen molar-refractivity contribution in [1.29, 1.82) is 0 Å². The van der Waals surface area contributed by atoms with Crippen LogP contribution in [0.4, 0.5) is 5.95 Å². The van der Waals surface area contributed by atoms with Crippen molar-refractivity contribution >= 4 is 5.95 Å². The summed E-state index contributed by atoms with van der Waals surface area (Å²) >= 11 is 0. The van der Waals surface area contributed by atoms with Crippen LogP contribution in [0.1, 0.15) is 65.4 Å². The van der Waals surface area contributed by atoms with E-state index in [4.69, 9.17) is 0 Å². The monoisotopic (exact) mass is 399 g/mol. The molecule has 0 N–H and O–H groups in total. The van der Waals surface area contributed by atoms with Gasteiger partial charge in [-0.2, -0.15) is 0 Å². The molecule has 0 saturated carbocycles. The molecule has 5 nitrogen and oxygen atoms in total. The smallest absolute Gasteiger partial charge is 0.225 e. The molecule has 0 aromatic carbocycles. The highest BCUT2D eigenvalue weighted by Crippen LogP contribution is 2.24. The van der Waals surface area contributed by atoms with Crippen LogP contribution in [0.2, 0.25) is 0 Å². The molecule has 0 aliphatic carbocycles. The molecule has 3 unspecified atom stereocenters. The zero-order chi connectivity index (χ0) is 21.2. The van der Waals surface area contributed by atoms with Crippen LogP contribution in [-0.4, -0.2) is 72.1 Å². The molecule has 3 atom stereocenters. The molecule has 2 heterocycles. The van der Waals surface area contributed by atoms with Crippen LogP contribution in [0.5, 0.6) is 0 Å². The van der Waals surface area contributed by atoms with E-state index in [2.05, 4.69) is 78.3 Å². The van der Waals surface area contributed by atoms with Crippen LogP contribution < -0.4 is 4.90 Å². The Morgan fingerprint density at radius 2 is 1.76 bits per heavy atom. The standard InChI is InChI=1S/C24H41N5/c1-7-20(4)12-10-14-27(5)15-11-13-21-16-25-24(26-17-21)29-22(8-2)18-28(6)19-23(29)9-3/h16-17,20,22-23H,7-10,12,14-15,18-19H2,1-6H3. The molecular weight excluding hydrogens is 358 g/mol. The fourth-order valence-electron chi connectivity index (χ4n) is 4.03. The fraction of sp³-hybridized carbons (Fsp3) is 0.750. The number of rotatable bonds is 9. The van der Waals surface area contributed by atoms with Crippen molar-refractivity contribution < 1.29 is 0 Å². The van der Waals surface area contributed by atoms with E-state index in [1.54, 1.807) is 0 Å². The molecule has 0 spiro atoms. The summed E-state index contributed by atoms with van der Waals surface area (Å²) < 4.78 is 0. The van der Waals surface area contributed by atoms with Crippen molar-refractivity contribution in [3.05, 3.63) is 18.0 Å². The number of aromatic nitrogens is 2. The van der Waals surface area contributed by atoms with Gasteiger partial charge in [0, 0.05) is 37.6 Å². The van der Waals surface area contributed by atoms with Gasteiger partial charge in [0.2, 0.25) is 5.95 Å². The first kappa shape index (κ1) is 23.6. The lowest BCUT2D eigenvalue weighted by Crippen LogP contribution is -2.58. The van der Waals surface area contributed by atoms with Crippen LogP contribution >= 0.6 is 0 Å². The molecule has 1 fully saturated rings. The second kappa shape index (κ2) is 12.1. The summed E-state index contributed by atoms with van der Waals surface area (Å²) in [7, 11) is 4.36. The molecular formula is C24H41N5. The van der Waals surface area contributed by atoms with Crippen LogP contribution in [0.25, 0.3) is 0 Å². The van der Waals surface area contributed by atoms with E-state index < -0.39 is 0 Å². The van der Waals surface area contributed by atoms with Crippen molar-refractivity contribution in [2.75, 3.05) is 45.2 Å². The lowest BCUT2D eigenvalue weighted by atomic mass is 10.0. The molecule has 1 aromatic heterocycles. The Kier molecular flexibility index (Phi) is 9.90. The Balaban J connectivity index is 1.92. The molecule has 1 aromatic rings. The minimum Gasteiger partial charge on any atom is -0.332 e.